The van der Waals surface area contributed by atoms with E-state index in [4.69, 9.17) is 5.73 Å². The fourth-order valence-corrected chi connectivity index (χ4v) is 5.03. The maximum absolute atomic E-state index is 13.1. The molecule has 150 valence electrons. The van der Waals surface area contributed by atoms with Gasteiger partial charge in [-0.3, -0.25) is 9.59 Å². The normalized spacial score (nSPS) is 16.4. The predicted octanol–water partition coefficient (Wildman–Crippen LogP) is 2.79. The summed E-state index contributed by atoms with van der Waals surface area (Å²) in [4.78, 5) is 38.1. The van der Waals surface area contributed by atoms with Crippen LogP contribution in [0.4, 0.5) is 5.95 Å². The number of carbonyl (C=O) groups is 2. The van der Waals surface area contributed by atoms with Crippen molar-refractivity contribution in [3.63, 3.8) is 0 Å². The Morgan fingerprint density at radius 1 is 1.28 bits per heavy atom. The smallest absolute Gasteiger partial charge is 0.259 e. The lowest BCUT2D eigenvalue weighted by molar-refractivity contribution is 0.0789. The van der Waals surface area contributed by atoms with E-state index >= 15 is 0 Å². The summed E-state index contributed by atoms with van der Waals surface area (Å²) in [5.41, 5.74) is 7.81. The number of fused-ring (bicyclic) bond motifs is 1. The van der Waals surface area contributed by atoms with Gasteiger partial charge in [-0.15, -0.1) is 11.3 Å². The van der Waals surface area contributed by atoms with Crippen LogP contribution in [0.3, 0.4) is 0 Å². The molecule has 1 aliphatic rings. The number of aromatic nitrogens is 2. The summed E-state index contributed by atoms with van der Waals surface area (Å²) in [6, 6.07) is 7.95. The molecule has 2 amide bonds. The molecule has 1 fully saturated rings. The molecule has 4 rings (SSSR count). The Morgan fingerprint density at radius 2 is 2.03 bits per heavy atom. The summed E-state index contributed by atoms with van der Waals surface area (Å²) in [6.07, 6.45) is 2.39. The number of nitrogens with zero attached hydrogens (tertiary/aromatic N) is 4. The van der Waals surface area contributed by atoms with Crippen LogP contribution >= 0.6 is 11.3 Å². The third-order valence-corrected chi connectivity index (χ3v) is 6.54. The number of benzene rings is 1. The van der Waals surface area contributed by atoms with Crippen LogP contribution in [0.2, 0.25) is 0 Å². The Balaban J connectivity index is 1.62. The molecule has 0 saturated carbocycles. The van der Waals surface area contributed by atoms with Gasteiger partial charge in [0.2, 0.25) is 5.95 Å². The van der Waals surface area contributed by atoms with E-state index in [9.17, 15) is 9.59 Å². The number of nitrogens with two attached hydrogens (primary N) is 1. The quantitative estimate of drug-likeness (QED) is 0.715. The molecule has 29 heavy (non-hydrogen) atoms. The fourth-order valence-electron chi connectivity index (χ4n) is 3.88. The summed E-state index contributed by atoms with van der Waals surface area (Å²) in [6.45, 7) is 3.00. The zero-order valence-electron chi connectivity index (χ0n) is 16.7. The molecule has 7 nitrogen and oxygen atoms in total. The van der Waals surface area contributed by atoms with Gasteiger partial charge in [0.25, 0.3) is 11.8 Å². The second-order valence-corrected chi connectivity index (χ2v) is 8.56. The maximum Gasteiger partial charge on any atom is 0.259 e. The van der Waals surface area contributed by atoms with Crippen molar-refractivity contribution >= 4 is 39.2 Å². The van der Waals surface area contributed by atoms with Crippen LogP contribution in [0.5, 0.6) is 0 Å². The maximum atomic E-state index is 13.1. The highest BCUT2D eigenvalue weighted by Crippen LogP contribution is 2.40. The minimum atomic E-state index is -0.408. The summed E-state index contributed by atoms with van der Waals surface area (Å²) in [5.74, 6) is 0.180. The molecule has 0 spiro atoms. The Morgan fingerprint density at radius 3 is 2.72 bits per heavy atom. The predicted molar refractivity (Wildman–Crippen MR) is 115 cm³/mol. The van der Waals surface area contributed by atoms with Gasteiger partial charge in [0.05, 0.1) is 16.1 Å². The van der Waals surface area contributed by atoms with Crippen molar-refractivity contribution in [2.75, 3.05) is 32.1 Å². The number of carbonyl (C=O) groups excluding carboxylic acids is 2. The number of hydrogen-bond donors (Lipinski definition) is 1. The third kappa shape index (κ3) is 3.44. The molecule has 8 heteroatoms. The number of amides is 2. The van der Waals surface area contributed by atoms with Crippen molar-refractivity contribution < 1.29 is 9.59 Å². The molecule has 3 aromatic rings. The minimum Gasteiger partial charge on any atom is -0.365 e. The number of primary amides is 1. The van der Waals surface area contributed by atoms with Crippen LogP contribution in [-0.4, -0.2) is 53.9 Å². The topological polar surface area (TPSA) is 92.4 Å². The molecular formula is C21H23N5O2S. The van der Waals surface area contributed by atoms with Crippen LogP contribution in [0.1, 0.15) is 43.6 Å². The molecule has 0 bridgehead atoms. The summed E-state index contributed by atoms with van der Waals surface area (Å²) in [5, 5.41) is 1.06. The van der Waals surface area contributed by atoms with Crippen LogP contribution < -0.4 is 10.6 Å². The monoisotopic (exact) mass is 409 g/mol. The zero-order valence-corrected chi connectivity index (χ0v) is 17.5. The number of thiophene rings is 1. The van der Waals surface area contributed by atoms with Crippen LogP contribution in [-0.2, 0) is 0 Å². The molecule has 1 atom stereocenters. The van der Waals surface area contributed by atoms with E-state index in [1.807, 2.05) is 50.2 Å². The molecule has 0 aliphatic carbocycles. The second kappa shape index (κ2) is 7.44. The van der Waals surface area contributed by atoms with Crippen LogP contribution in [0, 0.1) is 6.92 Å². The van der Waals surface area contributed by atoms with E-state index in [1.165, 1.54) is 11.3 Å². The second-order valence-electron chi connectivity index (χ2n) is 7.51. The Kier molecular flexibility index (Phi) is 4.96. The van der Waals surface area contributed by atoms with Gasteiger partial charge in [0.1, 0.15) is 0 Å². The van der Waals surface area contributed by atoms with Gasteiger partial charge in [-0.1, -0.05) is 18.2 Å². The minimum absolute atomic E-state index is 0.0736. The number of rotatable bonds is 4. The number of hydrogen-bond acceptors (Lipinski definition) is 6. The first-order valence-electron chi connectivity index (χ1n) is 9.48. The van der Waals surface area contributed by atoms with Gasteiger partial charge in [0, 0.05) is 44.0 Å². The Hall–Kier alpha value is -3.00. The molecule has 3 heterocycles. The highest BCUT2D eigenvalue weighted by atomic mass is 32.1. The van der Waals surface area contributed by atoms with Crippen molar-refractivity contribution in [1.29, 1.82) is 0 Å². The van der Waals surface area contributed by atoms with E-state index in [2.05, 4.69) is 9.97 Å². The first-order chi connectivity index (χ1) is 13.9. The Labute approximate surface area is 173 Å². The molecule has 2 N–H and O–H groups in total. The van der Waals surface area contributed by atoms with Crippen molar-refractivity contribution in [2.24, 2.45) is 5.73 Å². The van der Waals surface area contributed by atoms with Crippen molar-refractivity contribution in [2.45, 2.75) is 19.3 Å². The molecule has 0 radical (unpaired) electrons. The van der Waals surface area contributed by atoms with Gasteiger partial charge in [-0.05, 0) is 30.4 Å². The molecule has 1 saturated heterocycles. The van der Waals surface area contributed by atoms with Gasteiger partial charge in [-0.25, -0.2) is 9.97 Å². The summed E-state index contributed by atoms with van der Waals surface area (Å²) >= 11 is 1.43. The average molecular weight is 410 g/mol. The van der Waals surface area contributed by atoms with Gasteiger partial charge in [0.15, 0.2) is 0 Å². The lowest BCUT2D eigenvalue weighted by Crippen LogP contribution is -2.30. The molecule has 2 aromatic heterocycles. The first kappa shape index (κ1) is 19.3. The fraction of sp³-hybridized carbons (Fsp3) is 0.333. The van der Waals surface area contributed by atoms with Gasteiger partial charge < -0.3 is 15.5 Å². The van der Waals surface area contributed by atoms with E-state index in [0.29, 0.717) is 35.2 Å². The number of likely N-dealkylation sites (tertiary alicyclic amines) is 1. The Bertz CT molecular complexity index is 1110. The third-order valence-electron chi connectivity index (χ3n) is 5.34. The lowest BCUT2D eigenvalue weighted by Gasteiger charge is -2.19. The molecular weight excluding hydrogens is 386 g/mol. The summed E-state index contributed by atoms with van der Waals surface area (Å²) < 4.78 is 1.05. The largest absolute Gasteiger partial charge is 0.365 e. The zero-order chi connectivity index (χ0) is 20.7. The average Bonchev–Trinajstić information content (AvgIpc) is 3.31. The molecule has 1 aromatic carbocycles. The number of aryl methyl sites for hydroxylation is 1. The summed E-state index contributed by atoms with van der Waals surface area (Å²) in [7, 11) is 3.73. The van der Waals surface area contributed by atoms with Crippen molar-refractivity contribution in [1.82, 2.24) is 14.9 Å². The van der Waals surface area contributed by atoms with Crippen LogP contribution in [0.15, 0.2) is 30.5 Å². The van der Waals surface area contributed by atoms with Crippen molar-refractivity contribution in [3.05, 3.63) is 52.2 Å². The van der Waals surface area contributed by atoms with E-state index < -0.39 is 5.91 Å². The molecule has 1 aliphatic heterocycles. The van der Waals surface area contributed by atoms with Gasteiger partial charge in [-0.2, -0.15) is 0 Å². The van der Waals surface area contributed by atoms with E-state index in [1.54, 1.807) is 11.1 Å². The van der Waals surface area contributed by atoms with Gasteiger partial charge >= 0.3 is 0 Å². The SMILES string of the molecule is Cc1nc(N(C)C)ncc1C(=O)N1CC[C@@H](c2c(C(N)=O)sc3ccccc23)C1. The first-order valence-corrected chi connectivity index (χ1v) is 10.3. The standard InChI is InChI=1S/C21H23N5O2S/c1-12-15(10-23-21(24-12)25(2)3)20(28)26-9-8-13(11-26)17-14-6-4-5-7-16(14)29-18(17)19(22)27/h4-7,10,13H,8-9,11H2,1-3H3,(H2,22,27)/t13-/m1/s1. The molecule has 0 unspecified atom stereocenters. The highest BCUT2D eigenvalue weighted by molar-refractivity contribution is 7.21. The number of anilines is 1. The van der Waals surface area contributed by atoms with E-state index in [0.717, 1.165) is 22.1 Å². The van der Waals surface area contributed by atoms with Crippen molar-refractivity contribution in [3.8, 4) is 0 Å². The lowest BCUT2D eigenvalue weighted by atomic mass is 9.95. The highest BCUT2D eigenvalue weighted by Gasteiger charge is 2.33. The van der Waals surface area contributed by atoms with E-state index in [-0.39, 0.29) is 11.8 Å². The van der Waals surface area contributed by atoms with Crippen LogP contribution in [0.25, 0.3) is 10.1 Å².